The molecule has 0 atom stereocenters. The minimum absolute atomic E-state index is 0.0191. The van der Waals surface area contributed by atoms with Crippen molar-refractivity contribution in [1.29, 1.82) is 0 Å². The highest BCUT2D eigenvalue weighted by Crippen LogP contribution is 2.28. The molecule has 0 unspecified atom stereocenters. The van der Waals surface area contributed by atoms with Gasteiger partial charge in [-0.15, -0.1) is 6.58 Å². The minimum atomic E-state index is 0.0191. The molecule has 0 saturated carbocycles. The van der Waals surface area contributed by atoms with Crippen molar-refractivity contribution < 1.29 is 5.11 Å². The van der Waals surface area contributed by atoms with Gasteiger partial charge in [0.2, 0.25) is 0 Å². The molecular formula is C8H15NO. The van der Waals surface area contributed by atoms with Crippen molar-refractivity contribution in [3.63, 3.8) is 0 Å². The van der Waals surface area contributed by atoms with E-state index in [0.29, 0.717) is 0 Å². The standard InChI is InChI=1S/C8H15NO/c1-2-8(7-10)3-5-9-6-4-8/h2,9-10H,1,3-7H2. The molecule has 1 fully saturated rings. The maximum absolute atomic E-state index is 9.04. The first-order chi connectivity index (χ1) is 4.83. The summed E-state index contributed by atoms with van der Waals surface area (Å²) >= 11 is 0. The number of hydrogen-bond acceptors (Lipinski definition) is 2. The molecule has 2 heteroatoms. The summed E-state index contributed by atoms with van der Waals surface area (Å²) in [5, 5.41) is 12.3. The molecule has 0 spiro atoms. The molecular weight excluding hydrogens is 126 g/mol. The third-order valence-corrected chi connectivity index (χ3v) is 2.35. The highest BCUT2D eigenvalue weighted by molar-refractivity contribution is 4.97. The summed E-state index contributed by atoms with van der Waals surface area (Å²) in [6, 6.07) is 0. The van der Waals surface area contributed by atoms with Crippen LogP contribution in [-0.4, -0.2) is 24.8 Å². The van der Waals surface area contributed by atoms with E-state index in [1.807, 2.05) is 6.08 Å². The zero-order valence-electron chi connectivity index (χ0n) is 6.27. The Bertz CT molecular complexity index is 116. The molecule has 0 radical (unpaired) electrons. The molecule has 0 aliphatic carbocycles. The normalized spacial score (nSPS) is 24.1. The Labute approximate surface area is 61.9 Å². The Kier molecular flexibility index (Phi) is 2.46. The van der Waals surface area contributed by atoms with Crippen molar-refractivity contribution in [2.24, 2.45) is 5.41 Å². The van der Waals surface area contributed by atoms with Crippen LogP contribution in [0.2, 0.25) is 0 Å². The number of aliphatic hydroxyl groups excluding tert-OH is 1. The number of rotatable bonds is 2. The lowest BCUT2D eigenvalue weighted by atomic mass is 9.80. The van der Waals surface area contributed by atoms with Crippen molar-refractivity contribution in [2.75, 3.05) is 19.7 Å². The zero-order chi connectivity index (χ0) is 7.45. The van der Waals surface area contributed by atoms with E-state index in [4.69, 9.17) is 5.11 Å². The summed E-state index contributed by atoms with van der Waals surface area (Å²) in [7, 11) is 0. The van der Waals surface area contributed by atoms with E-state index >= 15 is 0 Å². The SMILES string of the molecule is C=CC1(CO)CCNCC1. The first kappa shape index (κ1) is 7.76. The number of aliphatic hydroxyl groups is 1. The maximum atomic E-state index is 9.04. The van der Waals surface area contributed by atoms with E-state index in [-0.39, 0.29) is 12.0 Å². The first-order valence-corrected chi connectivity index (χ1v) is 3.78. The van der Waals surface area contributed by atoms with Gasteiger partial charge < -0.3 is 10.4 Å². The average Bonchev–Trinajstić information content (AvgIpc) is 2.06. The Balaban J connectivity index is 2.52. The molecule has 0 aromatic carbocycles. The smallest absolute Gasteiger partial charge is 0.0522 e. The van der Waals surface area contributed by atoms with Crippen LogP contribution in [0, 0.1) is 5.41 Å². The van der Waals surface area contributed by atoms with E-state index in [1.165, 1.54) is 0 Å². The highest BCUT2D eigenvalue weighted by Gasteiger charge is 2.27. The topological polar surface area (TPSA) is 32.3 Å². The molecule has 1 aliphatic rings. The van der Waals surface area contributed by atoms with Crippen LogP contribution in [0.4, 0.5) is 0 Å². The van der Waals surface area contributed by atoms with Crippen LogP contribution in [-0.2, 0) is 0 Å². The van der Waals surface area contributed by atoms with Crippen molar-refractivity contribution in [3.05, 3.63) is 12.7 Å². The van der Waals surface area contributed by atoms with Crippen LogP contribution < -0.4 is 5.32 Å². The molecule has 0 bridgehead atoms. The number of hydrogen-bond donors (Lipinski definition) is 2. The molecule has 2 nitrogen and oxygen atoms in total. The molecule has 0 aromatic heterocycles. The van der Waals surface area contributed by atoms with Gasteiger partial charge in [-0.25, -0.2) is 0 Å². The number of piperidine rings is 1. The lowest BCUT2D eigenvalue weighted by Gasteiger charge is -2.32. The monoisotopic (exact) mass is 141 g/mol. The van der Waals surface area contributed by atoms with Crippen LogP contribution in [0.15, 0.2) is 12.7 Å². The molecule has 10 heavy (non-hydrogen) atoms. The van der Waals surface area contributed by atoms with Crippen molar-refractivity contribution in [2.45, 2.75) is 12.8 Å². The van der Waals surface area contributed by atoms with E-state index < -0.39 is 0 Å². The summed E-state index contributed by atoms with van der Waals surface area (Å²) in [6.07, 6.45) is 3.94. The van der Waals surface area contributed by atoms with E-state index in [2.05, 4.69) is 11.9 Å². The molecule has 0 amide bonds. The highest BCUT2D eigenvalue weighted by atomic mass is 16.3. The van der Waals surface area contributed by atoms with E-state index in [9.17, 15) is 0 Å². The van der Waals surface area contributed by atoms with Crippen LogP contribution in [0.5, 0.6) is 0 Å². The largest absolute Gasteiger partial charge is 0.395 e. The minimum Gasteiger partial charge on any atom is -0.395 e. The summed E-state index contributed by atoms with van der Waals surface area (Å²) in [5.41, 5.74) is 0.0191. The molecule has 1 aliphatic heterocycles. The predicted molar refractivity (Wildman–Crippen MR) is 41.8 cm³/mol. The second kappa shape index (κ2) is 3.17. The third kappa shape index (κ3) is 1.39. The lowest BCUT2D eigenvalue weighted by molar-refractivity contribution is 0.134. The Hall–Kier alpha value is -0.340. The molecule has 58 valence electrons. The third-order valence-electron chi connectivity index (χ3n) is 2.35. The summed E-state index contributed by atoms with van der Waals surface area (Å²) in [6.45, 7) is 6.00. The molecule has 1 heterocycles. The van der Waals surface area contributed by atoms with Crippen LogP contribution >= 0.6 is 0 Å². The van der Waals surface area contributed by atoms with Gasteiger partial charge in [0.1, 0.15) is 0 Å². The summed E-state index contributed by atoms with van der Waals surface area (Å²) < 4.78 is 0. The van der Waals surface area contributed by atoms with Crippen LogP contribution in [0.3, 0.4) is 0 Å². The predicted octanol–water partition coefficient (Wildman–Crippen LogP) is 0.534. The fourth-order valence-electron chi connectivity index (χ4n) is 1.35. The maximum Gasteiger partial charge on any atom is 0.0522 e. The second-order valence-electron chi connectivity index (χ2n) is 2.97. The van der Waals surface area contributed by atoms with Gasteiger partial charge in [0, 0.05) is 5.41 Å². The van der Waals surface area contributed by atoms with Gasteiger partial charge in [-0.2, -0.15) is 0 Å². The van der Waals surface area contributed by atoms with Gasteiger partial charge >= 0.3 is 0 Å². The van der Waals surface area contributed by atoms with Gasteiger partial charge in [-0.3, -0.25) is 0 Å². The van der Waals surface area contributed by atoms with Gasteiger partial charge in [-0.05, 0) is 25.9 Å². The van der Waals surface area contributed by atoms with E-state index in [0.717, 1.165) is 25.9 Å². The molecule has 1 saturated heterocycles. The quantitative estimate of drug-likeness (QED) is 0.550. The Morgan fingerprint density at radius 3 is 2.40 bits per heavy atom. The second-order valence-corrected chi connectivity index (χ2v) is 2.97. The summed E-state index contributed by atoms with van der Waals surface area (Å²) in [4.78, 5) is 0. The van der Waals surface area contributed by atoms with Gasteiger partial charge in [0.25, 0.3) is 0 Å². The fraction of sp³-hybridized carbons (Fsp3) is 0.750. The van der Waals surface area contributed by atoms with Crippen molar-refractivity contribution in [3.8, 4) is 0 Å². The van der Waals surface area contributed by atoms with Gasteiger partial charge in [0.05, 0.1) is 6.61 Å². The van der Waals surface area contributed by atoms with Crippen molar-refractivity contribution >= 4 is 0 Å². The van der Waals surface area contributed by atoms with Crippen molar-refractivity contribution in [1.82, 2.24) is 5.32 Å². The van der Waals surface area contributed by atoms with Crippen LogP contribution in [0.1, 0.15) is 12.8 Å². The van der Waals surface area contributed by atoms with Crippen LogP contribution in [0.25, 0.3) is 0 Å². The summed E-state index contributed by atoms with van der Waals surface area (Å²) in [5.74, 6) is 0. The van der Waals surface area contributed by atoms with Gasteiger partial charge in [-0.1, -0.05) is 6.08 Å². The lowest BCUT2D eigenvalue weighted by Crippen LogP contribution is -2.37. The first-order valence-electron chi connectivity index (χ1n) is 3.78. The molecule has 0 aromatic rings. The number of nitrogens with one attached hydrogen (secondary N) is 1. The zero-order valence-corrected chi connectivity index (χ0v) is 6.27. The van der Waals surface area contributed by atoms with E-state index in [1.54, 1.807) is 0 Å². The average molecular weight is 141 g/mol. The molecule has 1 rings (SSSR count). The Morgan fingerprint density at radius 2 is 2.10 bits per heavy atom. The molecule has 2 N–H and O–H groups in total. The Morgan fingerprint density at radius 1 is 1.50 bits per heavy atom. The fourth-order valence-corrected chi connectivity index (χ4v) is 1.35. The van der Waals surface area contributed by atoms with Gasteiger partial charge in [0.15, 0.2) is 0 Å².